The Morgan fingerprint density at radius 3 is 2.50 bits per heavy atom. The third-order valence-corrected chi connectivity index (χ3v) is 3.64. The first-order valence-corrected chi connectivity index (χ1v) is 7.32. The molecule has 22 heavy (non-hydrogen) atoms. The minimum Gasteiger partial charge on any atom is -0.490 e. The van der Waals surface area contributed by atoms with Gasteiger partial charge in [0.25, 0.3) is 0 Å². The molecule has 0 amide bonds. The molecule has 0 bridgehead atoms. The highest BCUT2D eigenvalue weighted by Crippen LogP contribution is 2.31. The van der Waals surface area contributed by atoms with Crippen molar-refractivity contribution in [2.75, 3.05) is 13.6 Å². The van der Waals surface area contributed by atoms with E-state index in [1.807, 2.05) is 19.2 Å². The van der Waals surface area contributed by atoms with E-state index in [1.54, 1.807) is 0 Å². The van der Waals surface area contributed by atoms with Crippen LogP contribution in [-0.4, -0.2) is 19.7 Å². The minimum absolute atomic E-state index is 0.0645. The monoisotopic (exact) mass is 311 g/mol. The summed E-state index contributed by atoms with van der Waals surface area (Å²) in [6.07, 6.45) is 5.43. The summed E-state index contributed by atoms with van der Waals surface area (Å²) in [6, 6.07) is 4.89. The summed E-state index contributed by atoms with van der Waals surface area (Å²) in [5, 5.41) is 3.08. The maximum absolute atomic E-state index is 12.6. The molecule has 0 aromatic heterocycles. The van der Waals surface area contributed by atoms with Crippen LogP contribution in [0, 0.1) is 5.92 Å². The lowest BCUT2D eigenvalue weighted by Gasteiger charge is -2.26. The van der Waals surface area contributed by atoms with Gasteiger partial charge in [-0.05, 0) is 50.7 Å². The van der Waals surface area contributed by atoms with Crippen LogP contribution in [0.1, 0.15) is 18.4 Å². The molecule has 0 radical (unpaired) electrons. The lowest BCUT2D eigenvalue weighted by Crippen LogP contribution is -2.29. The van der Waals surface area contributed by atoms with Gasteiger partial charge < -0.3 is 10.1 Å². The molecule has 0 fully saturated rings. The molecule has 2 nitrogen and oxygen atoms in total. The van der Waals surface area contributed by atoms with E-state index in [-0.39, 0.29) is 12.0 Å². The second-order valence-electron chi connectivity index (χ2n) is 5.28. The standard InChI is InChI=1S/C17H20F3NO/c1-21-12-11-16(13-5-3-2-4-6-13)22-15-9-7-14(8-10-15)17(18,19)20/h2-5,7-10,13,16,21H,6,11-12H2,1H3/t13-,16+/m0/s1. The Morgan fingerprint density at radius 2 is 1.95 bits per heavy atom. The van der Waals surface area contributed by atoms with Crippen LogP contribution in [0.5, 0.6) is 5.75 Å². The van der Waals surface area contributed by atoms with E-state index in [1.165, 1.54) is 12.1 Å². The predicted molar refractivity (Wildman–Crippen MR) is 80.8 cm³/mol. The molecule has 120 valence electrons. The van der Waals surface area contributed by atoms with Crippen LogP contribution in [0.4, 0.5) is 13.2 Å². The van der Waals surface area contributed by atoms with Crippen LogP contribution in [0.2, 0.25) is 0 Å². The smallest absolute Gasteiger partial charge is 0.416 e. The third-order valence-electron chi connectivity index (χ3n) is 3.64. The third kappa shape index (κ3) is 4.63. The van der Waals surface area contributed by atoms with Crippen molar-refractivity contribution >= 4 is 0 Å². The number of hydrogen-bond donors (Lipinski definition) is 1. The number of halogens is 3. The summed E-state index contributed by atoms with van der Waals surface area (Å²) in [7, 11) is 1.87. The van der Waals surface area contributed by atoms with E-state index in [9.17, 15) is 13.2 Å². The average Bonchev–Trinajstić information content (AvgIpc) is 2.52. The van der Waals surface area contributed by atoms with Gasteiger partial charge in [-0.2, -0.15) is 13.2 Å². The van der Waals surface area contributed by atoms with E-state index < -0.39 is 11.7 Å². The molecular formula is C17H20F3NO. The van der Waals surface area contributed by atoms with Gasteiger partial charge in [-0.25, -0.2) is 0 Å². The van der Waals surface area contributed by atoms with Gasteiger partial charge in [0.2, 0.25) is 0 Å². The summed E-state index contributed by atoms with van der Waals surface area (Å²) in [6.45, 7) is 0.791. The van der Waals surface area contributed by atoms with E-state index in [4.69, 9.17) is 4.74 Å². The maximum Gasteiger partial charge on any atom is 0.416 e. The average molecular weight is 311 g/mol. The van der Waals surface area contributed by atoms with Crippen molar-refractivity contribution in [1.29, 1.82) is 0 Å². The zero-order valence-corrected chi connectivity index (χ0v) is 12.4. The molecule has 0 saturated heterocycles. The van der Waals surface area contributed by atoms with Gasteiger partial charge in [-0.15, -0.1) is 0 Å². The van der Waals surface area contributed by atoms with Crippen molar-refractivity contribution in [1.82, 2.24) is 5.32 Å². The Balaban J connectivity index is 2.06. The molecule has 0 unspecified atom stereocenters. The number of allylic oxidation sites excluding steroid dienone is 3. The van der Waals surface area contributed by atoms with Crippen molar-refractivity contribution in [3.63, 3.8) is 0 Å². The molecular weight excluding hydrogens is 291 g/mol. The van der Waals surface area contributed by atoms with E-state index in [0.29, 0.717) is 5.75 Å². The summed E-state index contributed by atoms with van der Waals surface area (Å²) in [5.74, 6) is 0.706. The molecule has 1 aliphatic carbocycles. The van der Waals surface area contributed by atoms with Crippen molar-refractivity contribution < 1.29 is 17.9 Å². The molecule has 1 N–H and O–H groups in total. The number of nitrogens with one attached hydrogen (secondary N) is 1. The fourth-order valence-electron chi connectivity index (χ4n) is 2.42. The molecule has 0 heterocycles. The second kappa shape index (κ2) is 7.49. The Morgan fingerprint density at radius 1 is 1.23 bits per heavy atom. The summed E-state index contributed by atoms with van der Waals surface area (Å²) >= 11 is 0. The molecule has 0 spiro atoms. The fraction of sp³-hybridized carbons (Fsp3) is 0.412. The Hall–Kier alpha value is -1.75. The topological polar surface area (TPSA) is 21.3 Å². The molecule has 5 heteroatoms. The lowest BCUT2D eigenvalue weighted by molar-refractivity contribution is -0.137. The van der Waals surface area contributed by atoms with Crippen LogP contribution in [-0.2, 0) is 6.18 Å². The van der Waals surface area contributed by atoms with E-state index in [2.05, 4.69) is 17.5 Å². The number of alkyl halides is 3. The van der Waals surface area contributed by atoms with Crippen LogP contribution >= 0.6 is 0 Å². The number of benzene rings is 1. The minimum atomic E-state index is -4.32. The van der Waals surface area contributed by atoms with Gasteiger partial charge in [-0.3, -0.25) is 0 Å². The largest absolute Gasteiger partial charge is 0.490 e. The highest BCUT2D eigenvalue weighted by Gasteiger charge is 2.30. The molecule has 2 atom stereocenters. The Kier molecular flexibility index (Phi) is 5.66. The maximum atomic E-state index is 12.6. The van der Waals surface area contributed by atoms with Crippen molar-refractivity contribution in [2.45, 2.75) is 25.1 Å². The van der Waals surface area contributed by atoms with Crippen molar-refractivity contribution in [2.24, 2.45) is 5.92 Å². The Labute approximate surface area is 128 Å². The fourth-order valence-corrected chi connectivity index (χ4v) is 2.42. The number of rotatable bonds is 6. The number of hydrogen-bond acceptors (Lipinski definition) is 2. The van der Waals surface area contributed by atoms with Gasteiger partial charge in [0, 0.05) is 5.92 Å². The molecule has 1 aliphatic rings. The van der Waals surface area contributed by atoms with Crippen LogP contribution in [0.3, 0.4) is 0 Å². The highest BCUT2D eigenvalue weighted by atomic mass is 19.4. The van der Waals surface area contributed by atoms with E-state index >= 15 is 0 Å². The molecule has 1 aromatic rings. The summed E-state index contributed by atoms with van der Waals surface area (Å²) in [4.78, 5) is 0. The lowest BCUT2D eigenvalue weighted by atomic mass is 9.92. The molecule has 2 rings (SSSR count). The van der Waals surface area contributed by atoms with Gasteiger partial charge in [0.05, 0.1) is 5.56 Å². The van der Waals surface area contributed by atoms with E-state index in [0.717, 1.165) is 31.5 Å². The van der Waals surface area contributed by atoms with Crippen LogP contribution in [0.25, 0.3) is 0 Å². The SMILES string of the molecule is CNCC[C@@H](Oc1ccc(C(F)(F)F)cc1)[C@H]1C=CC=CC1. The van der Waals surface area contributed by atoms with Gasteiger partial charge in [-0.1, -0.05) is 24.3 Å². The first kappa shape index (κ1) is 16.6. The zero-order chi connectivity index (χ0) is 16.0. The predicted octanol–water partition coefficient (Wildman–Crippen LogP) is 4.19. The second-order valence-corrected chi connectivity index (χ2v) is 5.28. The quantitative estimate of drug-likeness (QED) is 0.850. The van der Waals surface area contributed by atoms with Gasteiger partial charge in [0.15, 0.2) is 0 Å². The zero-order valence-electron chi connectivity index (χ0n) is 12.4. The molecule has 0 aliphatic heterocycles. The highest BCUT2D eigenvalue weighted by molar-refractivity contribution is 5.29. The summed E-state index contributed by atoms with van der Waals surface area (Å²) < 4.78 is 43.7. The summed E-state index contributed by atoms with van der Waals surface area (Å²) in [5.41, 5.74) is -0.660. The number of ether oxygens (including phenoxy) is 1. The van der Waals surface area contributed by atoms with Crippen molar-refractivity contribution in [3.05, 3.63) is 54.1 Å². The van der Waals surface area contributed by atoms with Gasteiger partial charge >= 0.3 is 6.18 Å². The molecule has 1 aromatic carbocycles. The van der Waals surface area contributed by atoms with Crippen LogP contribution in [0.15, 0.2) is 48.6 Å². The molecule has 0 saturated carbocycles. The normalized spacial score (nSPS) is 19.2. The first-order chi connectivity index (χ1) is 10.5. The van der Waals surface area contributed by atoms with Crippen molar-refractivity contribution in [3.8, 4) is 5.75 Å². The Bertz CT molecular complexity index is 520. The van der Waals surface area contributed by atoms with Gasteiger partial charge in [0.1, 0.15) is 11.9 Å². The van der Waals surface area contributed by atoms with Crippen LogP contribution < -0.4 is 10.1 Å². The first-order valence-electron chi connectivity index (χ1n) is 7.32.